The van der Waals surface area contributed by atoms with Crippen molar-refractivity contribution in [2.24, 2.45) is 0 Å². The van der Waals surface area contributed by atoms with Gasteiger partial charge >= 0.3 is 0 Å². The Morgan fingerprint density at radius 1 is 1.23 bits per heavy atom. The minimum Gasteiger partial charge on any atom is -0.492 e. The number of rotatable bonds is 10. The van der Waals surface area contributed by atoms with Crippen LogP contribution >= 0.6 is 0 Å². The second-order valence-corrected chi connectivity index (χ2v) is 7.66. The first kappa shape index (κ1) is 22.7. The highest BCUT2D eigenvalue weighted by atomic mass is 16.6. The zero-order chi connectivity index (χ0) is 22.1. The number of benzene rings is 2. The number of carbonyl (C=O) groups excluding carboxylic acids is 1. The van der Waals surface area contributed by atoms with Crippen LogP contribution in [0.4, 0.5) is 5.69 Å². The van der Waals surface area contributed by atoms with Crippen LogP contribution in [0.5, 0.6) is 5.75 Å². The number of ether oxygens (including phenoxy) is 2. The molecule has 0 aliphatic carbocycles. The molecule has 8 nitrogen and oxygen atoms in total. The molecule has 1 saturated heterocycles. The van der Waals surface area contributed by atoms with Crippen LogP contribution in [0.25, 0.3) is 0 Å². The van der Waals surface area contributed by atoms with E-state index in [0.29, 0.717) is 24.8 Å². The maximum atomic E-state index is 12.3. The molecule has 2 aromatic rings. The summed E-state index contributed by atoms with van der Waals surface area (Å²) in [7, 11) is 2.11. The summed E-state index contributed by atoms with van der Waals surface area (Å²) in [6.45, 7) is 3.39. The lowest BCUT2D eigenvalue weighted by Gasteiger charge is -2.31. The average molecular weight is 428 g/mol. The number of nitrogens with zero attached hydrogens (tertiary/aromatic N) is 2. The Balaban J connectivity index is 1.45. The summed E-state index contributed by atoms with van der Waals surface area (Å²) in [5, 5.41) is 13.9. The summed E-state index contributed by atoms with van der Waals surface area (Å²) in [4.78, 5) is 25.2. The summed E-state index contributed by atoms with van der Waals surface area (Å²) in [6, 6.07) is 14.4. The summed E-state index contributed by atoms with van der Waals surface area (Å²) in [6.07, 6.45) is 2.07. The Morgan fingerprint density at radius 2 is 2.00 bits per heavy atom. The number of amides is 1. The SMILES string of the molecule is CN(CCOc1cccc(CNC(=O)Cc2ccccc2[N+](=O)[O-])c1)C1CCOCC1. The molecule has 0 unspecified atom stereocenters. The molecule has 0 radical (unpaired) electrons. The monoisotopic (exact) mass is 427 g/mol. The van der Waals surface area contributed by atoms with Gasteiger partial charge in [0.25, 0.3) is 5.69 Å². The fraction of sp³-hybridized carbons (Fsp3) is 0.435. The Kier molecular flexibility index (Phi) is 8.37. The Morgan fingerprint density at radius 3 is 2.77 bits per heavy atom. The van der Waals surface area contributed by atoms with Gasteiger partial charge in [-0.25, -0.2) is 0 Å². The third-order valence-corrected chi connectivity index (χ3v) is 5.45. The van der Waals surface area contributed by atoms with Crippen molar-refractivity contribution < 1.29 is 19.2 Å². The van der Waals surface area contributed by atoms with E-state index in [9.17, 15) is 14.9 Å². The maximum Gasteiger partial charge on any atom is 0.273 e. The molecule has 1 fully saturated rings. The van der Waals surface area contributed by atoms with Gasteiger partial charge < -0.3 is 14.8 Å². The van der Waals surface area contributed by atoms with Gasteiger partial charge in [-0.2, -0.15) is 0 Å². The van der Waals surface area contributed by atoms with E-state index in [1.165, 1.54) is 6.07 Å². The summed E-state index contributed by atoms with van der Waals surface area (Å²) >= 11 is 0. The molecule has 0 spiro atoms. The summed E-state index contributed by atoms with van der Waals surface area (Å²) in [5.41, 5.74) is 1.26. The molecular weight excluding hydrogens is 398 g/mol. The van der Waals surface area contributed by atoms with Crippen LogP contribution in [0.3, 0.4) is 0 Å². The van der Waals surface area contributed by atoms with Crippen molar-refractivity contribution in [1.29, 1.82) is 0 Å². The molecule has 8 heteroatoms. The smallest absolute Gasteiger partial charge is 0.273 e. The molecule has 0 bridgehead atoms. The molecule has 3 rings (SSSR count). The second kappa shape index (κ2) is 11.4. The maximum absolute atomic E-state index is 12.3. The Hall–Kier alpha value is -2.97. The minimum atomic E-state index is -0.469. The van der Waals surface area contributed by atoms with E-state index in [2.05, 4.69) is 17.3 Å². The number of likely N-dealkylation sites (N-methyl/N-ethyl adjacent to an activating group) is 1. The number of nitro benzene ring substituents is 1. The van der Waals surface area contributed by atoms with Crippen LogP contribution in [-0.4, -0.2) is 55.2 Å². The summed E-state index contributed by atoms with van der Waals surface area (Å²) < 4.78 is 11.3. The van der Waals surface area contributed by atoms with Gasteiger partial charge in [0, 0.05) is 44.0 Å². The highest BCUT2D eigenvalue weighted by Crippen LogP contribution is 2.18. The molecular formula is C23H29N3O5. The lowest BCUT2D eigenvalue weighted by Crippen LogP contribution is -2.38. The van der Waals surface area contributed by atoms with Crippen LogP contribution in [0.15, 0.2) is 48.5 Å². The number of nitrogens with one attached hydrogen (secondary N) is 1. The van der Waals surface area contributed by atoms with Crippen molar-refractivity contribution in [2.45, 2.75) is 31.8 Å². The lowest BCUT2D eigenvalue weighted by molar-refractivity contribution is -0.385. The molecule has 0 atom stereocenters. The van der Waals surface area contributed by atoms with Crippen LogP contribution in [0, 0.1) is 10.1 Å². The number of nitro groups is 1. The largest absolute Gasteiger partial charge is 0.492 e. The van der Waals surface area contributed by atoms with Gasteiger partial charge in [0.05, 0.1) is 11.3 Å². The third-order valence-electron chi connectivity index (χ3n) is 5.45. The van der Waals surface area contributed by atoms with Gasteiger partial charge in [-0.1, -0.05) is 30.3 Å². The fourth-order valence-electron chi connectivity index (χ4n) is 3.64. The van der Waals surface area contributed by atoms with Crippen molar-refractivity contribution in [2.75, 3.05) is 33.4 Å². The van der Waals surface area contributed by atoms with E-state index in [0.717, 1.165) is 43.9 Å². The van der Waals surface area contributed by atoms with Crippen LogP contribution in [0.1, 0.15) is 24.0 Å². The van der Waals surface area contributed by atoms with Gasteiger partial charge in [0.15, 0.2) is 0 Å². The molecule has 1 aliphatic rings. The second-order valence-electron chi connectivity index (χ2n) is 7.66. The first-order valence-electron chi connectivity index (χ1n) is 10.5. The van der Waals surface area contributed by atoms with Crippen LogP contribution < -0.4 is 10.1 Å². The molecule has 0 saturated carbocycles. The van der Waals surface area contributed by atoms with Crippen molar-refractivity contribution in [3.05, 3.63) is 69.8 Å². The molecule has 1 heterocycles. The Labute approximate surface area is 182 Å². The zero-order valence-electron chi connectivity index (χ0n) is 17.8. The van der Waals surface area contributed by atoms with Gasteiger partial charge in [0.1, 0.15) is 12.4 Å². The molecule has 31 heavy (non-hydrogen) atoms. The Bertz CT molecular complexity index is 883. The van der Waals surface area contributed by atoms with Gasteiger partial charge in [-0.15, -0.1) is 0 Å². The highest BCUT2D eigenvalue weighted by molar-refractivity contribution is 5.79. The molecule has 0 aromatic heterocycles. The van der Waals surface area contributed by atoms with Gasteiger partial charge in [-0.3, -0.25) is 19.8 Å². The van der Waals surface area contributed by atoms with E-state index < -0.39 is 4.92 Å². The van der Waals surface area contributed by atoms with Crippen LogP contribution in [-0.2, 0) is 22.5 Å². The predicted octanol–water partition coefficient (Wildman–Crippen LogP) is 2.94. The lowest BCUT2D eigenvalue weighted by atomic mass is 10.1. The number of carbonyl (C=O) groups is 1. The van der Waals surface area contributed by atoms with Gasteiger partial charge in [0.2, 0.25) is 5.91 Å². The third kappa shape index (κ3) is 7.04. The van der Waals surface area contributed by atoms with E-state index >= 15 is 0 Å². The normalized spacial score (nSPS) is 14.4. The number of hydrogen-bond donors (Lipinski definition) is 1. The molecule has 1 aliphatic heterocycles. The molecule has 1 N–H and O–H groups in total. The quantitative estimate of drug-likeness (QED) is 0.463. The van der Waals surface area contributed by atoms with Crippen molar-refractivity contribution >= 4 is 11.6 Å². The van der Waals surface area contributed by atoms with E-state index in [1.54, 1.807) is 18.2 Å². The topological polar surface area (TPSA) is 93.9 Å². The predicted molar refractivity (Wildman–Crippen MR) is 117 cm³/mol. The minimum absolute atomic E-state index is 0.0358. The standard InChI is InChI=1S/C23H29N3O5/c1-25(20-9-12-30-13-10-20)11-14-31-21-7-4-5-18(15-21)17-24-23(27)16-19-6-2-3-8-22(19)26(28)29/h2-8,15,20H,9-14,16-17H2,1H3,(H,24,27). The van der Waals surface area contributed by atoms with E-state index in [-0.39, 0.29) is 18.0 Å². The van der Waals surface area contributed by atoms with Crippen molar-refractivity contribution in [3.63, 3.8) is 0 Å². The fourth-order valence-corrected chi connectivity index (χ4v) is 3.64. The van der Waals surface area contributed by atoms with E-state index in [4.69, 9.17) is 9.47 Å². The van der Waals surface area contributed by atoms with Gasteiger partial charge in [-0.05, 0) is 37.6 Å². The molecule has 166 valence electrons. The molecule has 2 aromatic carbocycles. The zero-order valence-corrected chi connectivity index (χ0v) is 17.8. The first-order chi connectivity index (χ1) is 15.0. The van der Waals surface area contributed by atoms with Crippen molar-refractivity contribution in [3.8, 4) is 5.75 Å². The first-order valence-corrected chi connectivity index (χ1v) is 10.5. The molecule has 1 amide bonds. The summed E-state index contributed by atoms with van der Waals surface area (Å²) in [5.74, 6) is 0.490. The average Bonchev–Trinajstić information content (AvgIpc) is 2.79. The number of para-hydroxylation sites is 1. The van der Waals surface area contributed by atoms with E-state index in [1.807, 2.05) is 24.3 Å². The van der Waals surface area contributed by atoms with Crippen molar-refractivity contribution in [1.82, 2.24) is 10.2 Å². The number of hydrogen-bond acceptors (Lipinski definition) is 6. The highest BCUT2D eigenvalue weighted by Gasteiger charge is 2.18. The van der Waals surface area contributed by atoms with Crippen LogP contribution in [0.2, 0.25) is 0 Å².